The summed E-state index contributed by atoms with van der Waals surface area (Å²) in [4.78, 5) is 42.1. The van der Waals surface area contributed by atoms with Crippen molar-refractivity contribution in [2.75, 3.05) is 44.3 Å². The topological polar surface area (TPSA) is 130 Å². The van der Waals surface area contributed by atoms with Gasteiger partial charge in [-0.2, -0.15) is 0 Å². The summed E-state index contributed by atoms with van der Waals surface area (Å²) >= 11 is 0. The summed E-state index contributed by atoms with van der Waals surface area (Å²) in [6, 6.07) is 4.30. The molecule has 1 atom stereocenters. The van der Waals surface area contributed by atoms with Crippen LogP contribution in [0.1, 0.15) is 13.3 Å². The second-order valence-electron chi connectivity index (χ2n) is 6.99. The number of carbonyl (C=O) groups excluding carboxylic acids is 3. The van der Waals surface area contributed by atoms with Crippen molar-refractivity contribution >= 4 is 33.4 Å². The minimum Gasteiger partial charge on any atom is -0.379 e. The molecular weight excluding hydrogens is 400 g/mol. The molecule has 0 saturated carbocycles. The Morgan fingerprint density at radius 3 is 2.38 bits per heavy atom. The fourth-order valence-corrected chi connectivity index (χ4v) is 4.04. The quantitative estimate of drug-likeness (QED) is 0.589. The number of primary sulfonamides is 1. The minimum atomic E-state index is -3.88. The summed E-state index contributed by atoms with van der Waals surface area (Å²) in [7, 11) is -3.88. The summed E-state index contributed by atoms with van der Waals surface area (Å²) in [5.74, 6) is -1.23. The van der Waals surface area contributed by atoms with Crippen LogP contribution in [0.5, 0.6) is 0 Å². The zero-order chi connectivity index (χ0) is 21.2. The maximum atomic E-state index is 12.9. The summed E-state index contributed by atoms with van der Waals surface area (Å²) in [6.07, 6.45) is -0.113. The third-order valence-electron chi connectivity index (χ3n) is 5.09. The lowest BCUT2D eigenvalue weighted by molar-refractivity contribution is -0.136. The van der Waals surface area contributed by atoms with E-state index >= 15 is 0 Å². The van der Waals surface area contributed by atoms with E-state index in [1.165, 1.54) is 36.1 Å². The normalized spacial score (nSPS) is 20.9. The molecule has 1 aromatic carbocycles. The Morgan fingerprint density at radius 2 is 1.83 bits per heavy atom. The maximum absolute atomic E-state index is 12.9. The third-order valence-corrected chi connectivity index (χ3v) is 6.02. The molecular formula is C18H24N4O6S. The Hall–Kier alpha value is -2.34. The van der Waals surface area contributed by atoms with Crippen LogP contribution in [-0.2, 0) is 29.1 Å². The lowest BCUT2D eigenvalue weighted by Gasteiger charge is -2.31. The van der Waals surface area contributed by atoms with E-state index in [0.717, 1.165) is 18.0 Å². The molecule has 2 fully saturated rings. The van der Waals surface area contributed by atoms with Crippen molar-refractivity contribution in [3.8, 4) is 0 Å². The predicted molar refractivity (Wildman–Crippen MR) is 103 cm³/mol. The van der Waals surface area contributed by atoms with Crippen LogP contribution < -0.4 is 10.0 Å². The van der Waals surface area contributed by atoms with Crippen LogP contribution in [0.3, 0.4) is 0 Å². The standard InChI is InChI=1S/C18H24N4O6S/c1-13(23)21(7-6-20-8-10-28-11-9-20)16-12-17(24)22(18(16)25)14-2-4-15(5-3-14)29(19,26)27/h2-5,16H,6-12H2,1H3,(H2,19,26,27). The van der Waals surface area contributed by atoms with Crippen molar-refractivity contribution < 1.29 is 27.5 Å². The summed E-state index contributed by atoms with van der Waals surface area (Å²) < 4.78 is 28.1. The Kier molecular flexibility index (Phi) is 6.32. The van der Waals surface area contributed by atoms with Gasteiger partial charge < -0.3 is 9.64 Å². The lowest BCUT2D eigenvalue weighted by atomic mass is 10.2. The molecule has 2 aliphatic heterocycles. The van der Waals surface area contributed by atoms with Gasteiger partial charge in [-0.25, -0.2) is 18.5 Å². The highest BCUT2D eigenvalue weighted by Crippen LogP contribution is 2.26. The van der Waals surface area contributed by atoms with Gasteiger partial charge in [0.1, 0.15) is 6.04 Å². The number of rotatable bonds is 6. The molecule has 0 aliphatic carbocycles. The maximum Gasteiger partial charge on any atom is 0.257 e. The molecule has 10 nitrogen and oxygen atoms in total. The Bertz CT molecular complexity index is 895. The van der Waals surface area contributed by atoms with E-state index in [1.807, 2.05) is 0 Å². The predicted octanol–water partition coefficient (Wildman–Crippen LogP) is -0.853. The van der Waals surface area contributed by atoms with Crippen LogP contribution in [0.25, 0.3) is 0 Å². The number of imide groups is 1. The molecule has 11 heteroatoms. The molecule has 0 radical (unpaired) electrons. The number of anilines is 1. The molecule has 2 heterocycles. The van der Waals surface area contributed by atoms with Crippen molar-refractivity contribution in [2.24, 2.45) is 5.14 Å². The molecule has 2 aliphatic rings. The zero-order valence-electron chi connectivity index (χ0n) is 16.1. The number of morpholine rings is 1. The second-order valence-corrected chi connectivity index (χ2v) is 8.55. The van der Waals surface area contributed by atoms with Gasteiger partial charge >= 0.3 is 0 Å². The van der Waals surface area contributed by atoms with Crippen molar-refractivity contribution in [3.05, 3.63) is 24.3 Å². The van der Waals surface area contributed by atoms with E-state index in [-0.39, 0.29) is 22.9 Å². The smallest absolute Gasteiger partial charge is 0.257 e. The average Bonchev–Trinajstić information content (AvgIpc) is 2.96. The van der Waals surface area contributed by atoms with Gasteiger partial charge in [0.2, 0.25) is 21.8 Å². The van der Waals surface area contributed by atoms with Gasteiger partial charge in [-0.1, -0.05) is 0 Å². The molecule has 3 rings (SSSR count). The van der Waals surface area contributed by atoms with Gasteiger partial charge in [0.15, 0.2) is 0 Å². The number of ether oxygens (including phenoxy) is 1. The number of hydrogen-bond acceptors (Lipinski definition) is 7. The number of amides is 3. The Balaban J connectivity index is 1.74. The number of hydrogen-bond donors (Lipinski definition) is 1. The molecule has 29 heavy (non-hydrogen) atoms. The van der Waals surface area contributed by atoms with Crippen molar-refractivity contribution in [1.82, 2.24) is 9.80 Å². The molecule has 1 aromatic rings. The minimum absolute atomic E-state index is 0.113. The molecule has 2 saturated heterocycles. The van der Waals surface area contributed by atoms with Crippen LogP contribution in [-0.4, -0.2) is 81.4 Å². The van der Waals surface area contributed by atoms with Crippen LogP contribution >= 0.6 is 0 Å². The van der Waals surface area contributed by atoms with Crippen LogP contribution in [0, 0.1) is 0 Å². The number of benzene rings is 1. The number of nitrogens with two attached hydrogens (primary N) is 1. The van der Waals surface area contributed by atoms with Crippen molar-refractivity contribution in [1.29, 1.82) is 0 Å². The highest BCUT2D eigenvalue weighted by atomic mass is 32.2. The molecule has 0 aromatic heterocycles. The van der Waals surface area contributed by atoms with Crippen LogP contribution in [0.2, 0.25) is 0 Å². The highest BCUT2D eigenvalue weighted by Gasteiger charge is 2.43. The van der Waals surface area contributed by atoms with Crippen LogP contribution in [0.4, 0.5) is 5.69 Å². The van der Waals surface area contributed by atoms with Gasteiger partial charge in [-0.3, -0.25) is 19.3 Å². The monoisotopic (exact) mass is 424 g/mol. The number of sulfonamides is 1. The average molecular weight is 424 g/mol. The van der Waals surface area contributed by atoms with E-state index in [4.69, 9.17) is 9.88 Å². The van der Waals surface area contributed by atoms with Crippen molar-refractivity contribution in [2.45, 2.75) is 24.3 Å². The molecule has 2 N–H and O–H groups in total. The first-order chi connectivity index (χ1) is 13.7. The Labute approximate surface area is 169 Å². The molecule has 3 amide bonds. The fraction of sp³-hybridized carbons (Fsp3) is 0.500. The Morgan fingerprint density at radius 1 is 1.21 bits per heavy atom. The van der Waals surface area contributed by atoms with E-state index in [1.54, 1.807) is 0 Å². The van der Waals surface area contributed by atoms with E-state index in [2.05, 4.69) is 4.90 Å². The molecule has 0 bridgehead atoms. The van der Waals surface area contributed by atoms with Gasteiger partial charge in [0.25, 0.3) is 5.91 Å². The first-order valence-electron chi connectivity index (χ1n) is 9.25. The first-order valence-corrected chi connectivity index (χ1v) is 10.8. The molecule has 0 spiro atoms. The summed E-state index contributed by atoms with van der Waals surface area (Å²) in [5.41, 5.74) is 0.242. The SMILES string of the molecule is CC(=O)N(CCN1CCOCC1)C1CC(=O)N(c2ccc(S(N)(=O)=O)cc2)C1=O. The number of nitrogens with zero attached hydrogens (tertiary/aromatic N) is 3. The van der Waals surface area contributed by atoms with Gasteiger partial charge in [-0.15, -0.1) is 0 Å². The van der Waals surface area contributed by atoms with Crippen LogP contribution in [0.15, 0.2) is 29.2 Å². The van der Waals surface area contributed by atoms with Crippen molar-refractivity contribution in [3.63, 3.8) is 0 Å². The van der Waals surface area contributed by atoms with Gasteiger partial charge in [0, 0.05) is 33.1 Å². The number of carbonyl (C=O) groups is 3. The summed E-state index contributed by atoms with van der Waals surface area (Å²) in [5, 5.41) is 5.07. The lowest BCUT2D eigenvalue weighted by Crippen LogP contribution is -2.49. The highest BCUT2D eigenvalue weighted by molar-refractivity contribution is 7.89. The molecule has 1 unspecified atom stereocenters. The molecule has 158 valence electrons. The van der Waals surface area contributed by atoms with E-state index in [0.29, 0.717) is 26.3 Å². The van der Waals surface area contributed by atoms with E-state index in [9.17, 15) is 22.8 Å². The van der Waals surface area contributed by atoms with E-state index < -0.39 is 27.9 Å². The second kappa shape index (κ2) is 8.57. The largest absolute Gasteiger partial charge is 0.379 e. The zero-order valence-corrected chi connectivity index (χ0v) is 16.9. The summed E-state index contributed by atoms with van der Waals surface area (Å²) in [6.45, 7) is 5.06. The third kappa shape index (κ3) is 4.81. The van der Waals surface area contributed by atoms with Gasteiger partial charge in [0.05, 0.1) is 30.2 Å². The fourth-order valence-electron chi connectivity index (χ4n) is 3.52. The first kappa shape index (κ1) is 21.4. The van der Waals surface area contributed by atoms with Gasteiger partial charge in [-0.05, 0) is 24.3 Å².